The molecule has 1 aromatic carbocycles. The van der Waals surface area contributed by atoms with E-state index in [-0.39, 0.29) is 0 Å². The molecular weight excluding hydrogens is 210 g/mol. The molecule has 0 spiro atoms. The zero-order valence-corrected chi connectivity index (χ0v) is 10.3. The lowest BCUT2D eigenvalue weighted by Gasteiger charge is -2.08. The third kappa shape index (κ3) is 3.06. The fourth-order valence-corrected chi connectivity index (χ4v) is 1.75. The number of aromatic nitrogens is 1. The van der Waals surface area contributed by atoms with E-state index in [0.717, 1.165) is 17.7 Å². The number of aryl methyl sites for hydroxylation is 2. The third-order valence-corrected chi connectivity index (χ3v) is 2.78. The number of pyridine rings is 1. The van der Waals surface area contributed by atoms with Gasteiger partial charge < -0.3 is 4.74 Å². The minimum Gasteiger partial charge on any atom is -0.473 e. The summed E-state index contributed by atoms with van der Waals surface area (Å²) in [7, 11) is 0. The number of hydrogen-bond donors (Lipinski definition) is 0. The van der Waals surface area contributed by atoms with Crippen LogP contribution in [0.5, 0.6) is 5.88 Å². The summed E-state index contributed by atoms with van der Waals surface area (Å²) in [6.45, 7) is 4.72. The van der Waals surface area contributed by atoms with Crippen LogP contribution in [0.1, 0.15) is 23.7 Å². The summed E-state index contributed by atoms with van der Waals surface area (Å²) in [6, 6.07) is 14.1. The van der Waals surface area contributed by atoms with E-state index in [1.807, 2.05) is 43.3 Å². The zero-order chi connectivity index (χ0) is 12.1. The van der Waals surface area contributed by atoms with Crippen LogP contribution in [0, 0.1) is 6.92 Å². The van der Waals surface area contributed by atoms with E-state index < -0.39 is 0 Å². The summed E-state index contributed by atoms with van der Waals surface area (Å²) >= 11 is 0. The second kappa shape index (κ2) is 5.48. The molecule has 0 radical (unpaired) electrons. The van der Waals surface area contributed by atoms with Crippen LogP contribution in [-0.2, 0) is 13.0 Å². The second-order valence-electron chi connectivity index (χ2n) is 4.02. The van der Waals surface area contributed by atoms with Crippen LogP contribution in [0.3, 0.4) is 0 Å². The fourth-order valence-electron chi connectivity index (χ4n) is 1.75. The molecule has 0 saturated carbocycles. The highest BCUT2D eigenvalue weighted by atomic mass is 16.5. The Morgan fingerprint density at radius 1 is 1.06 bits per heavy atom. The van der Waals surface area contributed by atoms with E-state index in [2.05, 4.69) is 18.0 Å². The maximum absolute atomic E-state index is 5.66. The van der Waals surface area contributed by atoms with Gasteiger partial charge in [0, 0.05) is 11.8 Å². The van der Waals surface area contributed by atoms with Crippen LogP contribution in [0.4, 0.5) is 0 Å². The minimum atomic E-state index is 0.568. The summed E-state index contributed by atoms with van der Waals surface area (Å²) in [5.74, 6) is 0.698. The first-order chi connectivity index (χ1) is 8.29. The standard InChI is InChI=1S/C15H17NO/c1-3-14-9-10-15(16-12(14)2)17-11-13-7-5-4-6-8-13/h4-10H,3,11H2,1-2H3. The molecule has 0 aliphatic rings. The van der Waals surface area contributed by atoms with E-state index in [1.165, 1.54) is 5.56 Å². The monoisotopic (exact) mass is 227 g/mol. The first-order valence-electron chi connectivity index (χ1n) is 5.93. The quantitative estimate of drug-likeness (QED) is 0.797. The molecule has 2 aromatic rings. The Bertz CT molecular complexity index is 480. The normalized spacial score (nSPS) is 10.2. The van der Waals surface area contributed by atoms with Gasteiger partial charge in [-0.2, -0.15) is 0 Å². The van der Waals surface area contributed by atoms with Crippen molar-refractivity contribution in [3.63, 3.8) is 0 Å². The van der Waals surface area contributed by atoms with Gasteiger partial charge in [-0.05, 0) is 24.5 Å². The molecule has 2 nitrogen and oxygen atoms in total. The molecule has 0 N–H and O–H groups in total. The summed E-state index contributed by atoms with van der Waals surface area (Å²) in [5, 5.41) is 0. The minimum absolute atomic E-state index is 0.568. The molecule has 88 valence electrons. The second-order valence-corrected chi connectivity index (χ2v) is 4.02. The Balaban J connectivity index is 2.02. The molecule has 0 bridgehead atoms. The highest BCUT2D eigenvalue weighted by Crippen LogP contribution is 2.14. The predicted molar refractivity (Wildman–Crippen MR) is 69.1 cm³/mol. The average molecular weight is 227 g/mol. The van der Waals surface area contributed by atoms with Crippen molar-refractivity contribution in [3.8, 4) is 5.88 Å². The number of nitrogens with zero attached hydrogens (tertiary/aromatic N) is 1. The SMILES string of the molecule is CCc1ccc(OCc2ccccc2)nc1C. The lowest BCUT2D eigenvalue weighted by atomic mass is 10.1. The Morgan fingerprint density at radius 2 is 1.82 bits per heavy atom. The summed E-state index contributed by atoms with van der Waals surface area (Å²) in [4.78, 5) is 4.44. The van der Waals surface area contributed by atoms with Crippen LogP contribution in [0.25, 0.3) is 0 Å². The van der Waals surface area contributed by atoms with Crippen molar-refractivity contribution >= 4 is 0 Å². The van der Waals surface area contributed by atoms with E-state index in [1.54, 1.807) is 0 Å². The van der Waals surface area contributed by atoms with Crippen molar-refractivity contribution < 1.29 is 4.74 Å². The largest absolute Gasteiger partial charge is 0.473 e. The summed E-state index contributed by atoms with van der Waals surface area (Å²) in [6.07, 6.45) is 1.01. The van der Waals surface area contributed by atoms with Crippen LogP contribution in [0.15, 0.2) is 42.5 Å². The molecule has 0 amide bonds. The number of benzene rings is 1. The molecule has 17 heavy (non-hydrogen) atoms. The molecule has 2 rings (SSSR count). The molecule has 0 unspecified atom stereocenters. The van der Waals surface area contributed by atoms with Crippen molar-refractivity contribution in [2.75, 3.05) is 0 Å². The van der Waals surface area contributed by atoms with Gasteiger partial charge in [-0.3, -0.25) is 0 Å². The topological polar surface area (TPSA) is 22.1 Å². The van der Waals surface area contributed by atoms with Gasteiger partial charge >= 0.3 is 0 Å². The Labute approximate surface area is 102 Å². The number of rotatable bonds is 4. The zero-order valence-electron chi connectivity index (χ0n) is 10.3. The smallest absolute Gasteiger partial charge is 0.213 e. The van der Waals surface area contributed by atoms with Crippen molar-refractivity contribution in [1.29, 1.82) is 0 Å². The third-order valence-electron chi connectivity index (χ3n) is 2.78. The van der Waals surface area contributed by atoms with Crippen molar-refractivity contribution in [2.24, 2.45) is 0 Å². The Hall–Kier alpha value is -1.83. The lowest BCUT2D eigenvalue weighted by Crippen LogP contribution is -1.99. The Morgan fingerprint density at radius 3 is 2.47 bits per heavy atom. The average Bonchev–Trinajstić information content (AvgIpc) is 2.38. The molecule has 1 heterocycles. The predicted octanol–water partition coefficient (Wildman–Crippen LogP) is 3.53. The maximum Gasteiger partial charge on any atom is 0.213 e. The van der Waals surface area contributed by atoms with Crippen LogP contribution in [-0.4, -0.2) is 4.98 Å². The molecule has 2 heteroatoms. The van der Waals surface area contributed by atoms with Crippen LogP contribution < -0.4 is 4.74 Å². The van der Waals surface area contributed by atoms with Gasteiger partial charge in [-0.1, -0.05) is 43.3 Å². The molecule has 0 aliphatic carbocycles. The van der Waals surface area contributed by atoms with Gasteiger partial charge in [0.05, 0.1) is 0 Å². The van der Waals surface area contributed by atoms with Gasteiger partial charge in [0.15, 0.2) is 0 Å². The first-order valence-corrected chi connectivity index (χ1v) is 5.93. The van der Waals surface area contributed by atoms with Gasteiger partial charge in [0.25, 0.3) is 0 Å². The molecule has 0 atom stereocenters. The van der Waals surface area contributed by atoms with E-state index in [0.29, 0.717) is 12.5 Å². The summed E-state index contributed by atoms with van der Waals surface area (Å²) < 4.78 is 5.66. The van der Waals surface area contributed by atoms with Crippen molar-refractivity contribution in [3.05, 3.63) is 59.3 Å². The highest BCUT2D eigenvalue weighted by molar-refractivity contribution is 5.25. The van der Waals surface area contributed by atoms with Crippen LogP contribution in [0.2, 0.25) is 0 Å². The fraction of sp³-hybridized carbons (Fsp3) is 0.267. The molecule has 0 saturated heterocycles. The van der Waals surface area contributed by atoms with Gasteiger partial charge in [0.2, 0.25) is 5.88 Å². The summed E-state index contributed by atoms with van der Waals surface area (Å²) in [5.41, 5.74) is 3.49. The van der Waals surface area contributed by atoms with Gasteiger partial charge in [-0.25, -0.2) is 4.98 Å². The number of hydrogen-bond acceptors (Lipinski definition) is 2. The van der Waals surface area contributed by atoms with Crippen LogP contribution >= 0.6 is 0 Å². The van der Waals surface area contributed by atoms with Gasteiger partial charge in [0.1, 0.15) is 6.61 Å². The lowest BCUT2D eigenvalue weighted by molar-refractivity contribution is 0.293. The van der Waals surface area contributed by atoms with Gasteiger partial charge in [-0.15, -0.1) is 0 Å². The first kappa shape index (κ1) is 11.6. The van der Waals surface area contributed by atoms with E-state index in [9.17, 15) is 0 Å². The molecule has 0 fully saturated rings. The van der Waals surface area contributed by atoms with E-state index in [4.69, 9.17) is 4.74 Å². The maximum atomic E-state index is 5.66. The van der Waals surface area contributed by atoms with E-state index >= 15 is 0 Å². The highest BCUT2D eigenvalue weighted by Gasteiger charge is 2.01. The van der Waals surface area contributed by atoms with Crippen molar-refractivity contribution in [2.45, 2.75) is 26.9 Å². The van der Waals surface area contributed by atoms with Crippen molar-refractivity contribution in [1.82, 2.24) is 4.98 Å². The molecule has 0 aliphatic heterocycles. The number of ether oxygens (including phenoxy) is 1. The molecule has 1 aromatic heterocycles. The Kier molecular flexibility index (Phi) is 3.76. The molecular formula is C15H17NO.